The highest BCUT2D eigenvalue weighted by Gasteiger charge is 2.16. The van der Waals surface area contributed by atoms with Crippen LogP contribution in [-0.2, 0) is 0 Å². The summed E-state index contributed by atoms with van der Waals surface area (Å²) in [5.74, 6) is 1.13. The highest BCUT2D eigenvalue weighted by Crippen LogP contribution is 2.18. The Balaban J connectivity index is 2.26. The van der Waals surface area contributed by atoms with Crippen molar-refractivity contribution in [2.24, 2.45) is 0 Å². The molecule has 1 N–H and O–H groups in total. The lowest BCUT2D eigenvalue weighted by atomic mass is 10.2. The molecule has 0 saturated heterocycles. The van der Waals surface area contributed by atoms with E-state index >= 15 is 0 Å². The first-order valence-electron chi connectivity index (χ1n) is 5.27. The van der Waals surface area contributed by atoms with Crippen molar-refractivity contribution in [3.8, 4) is 11.5 Å². The fraction of sp³-hybridized carbons (Fsp3) is 0.364. The van der Waals surface area contributed by atoms with Crippen LogP contribution in [0, 0.1) is 0 Å². The Morgan fingerprint density at radius 2 is 2.31 bits per heavy atom. The summed E-state index contributed by atoms with van der Waals surface area (Å²) in [5, 5.41) is 7.03. The zero-order valence-corrected chi connectivity index (χ0v) is 9.34. The van der Waals surface area contributed by atoms with Gasteiger partial charge in [0, 0.05) is 6.20 Å². The largest absolute Gasteiger partial charge is 0.337 e. The van der Waals surface area contributed by atoms with Gasteiger partial charge >= 0.3 is 0 Å². The standard InChI is InChI=1S/C11H14N4O/c1-3-8(12-2)11-14-10(15-16-11)9-6-4-5-7-13-9/h4-8,12H,3H2,1-2H3. The van der Waals surface area contributed by atoms with Gasteiger partial charge in [0.15, 0.2) is 0 Å². The van der Waals surface area contributed by atoms with Crippen molar-refractivity contribution in [3.63, 3.8) is 0 Å². The first-order chi connectivity index (χ1) is 7.85. The molecule has 1 atom stereocenters. The van der Waals surface area contributed by atoms with Crippen LogP contribution in [0.2, 0.25) is 0 Å². The molecular formula is C11H14N4O. The van der Waals surface area contributed by atoms with Gasteiger partial charge in [-0.15, -0.1) is 0 Å². The molecule has 16 heavy (non-hydrogen) atoms. The minimum atomic E-state index is 0.102. The molecule has 5 heteroatoms. The van der Waals surface area contributed by atoms with Gasteiger partial charge in [-0.3, -0.25) is 4.98 Å². The summed E-state index contributed by atoms with van der Waals surface area (Å²) in [6.07, 6.45) is 2.61. The topological polar surface area (TPSA) is 63.8 Å². The second-order valence-electron chi connectivity index (χ2n) is 3.42. The molecule has 2 aromatic heterocycles. The van der Waals surface area contributed by atoms with Crippen LogP contribution < -0.4 is 5.32 Å². The number of hydrogen-bond acceptors (Lipinski definition) is 5. The van der Waals surface area contributed by atoms with Gasteiger partial charge in [0.25, 0.3) is 0 Å². The van der Waals surface area contributed by atoms with Crippen LogP contribution in [0.15, 0.2) is 28.9 Å². The SMILES string of the molecule is CCC(NC)c1nc(-c2ccccn2)no1. The fourth-order valence-electron chi connectivity index (χ4n) is 1.48. The molecule has 0 radical (unpaired) electrons. The first kappa shape index (κ1) is 10.8. The second kappa shape index (κ2) is 4.85. The van der Waals surface area contributed by atoms with Gasteiger partial charge in [0.1, 0.15) is 5.69 Å². The summed E-state index contributed by atoms with van der Waals surface area (Å²) in [6, 6.07) is 5.71. The van der Waals surface area contributed by atoms with E-state index < -0.39 is 0 Å². The van der Waals surface area contributed by atoms with Gasteiger partial charge in [-0.1, -0.05) is 18.1 Å². The van der Waals surface area contributed by atoms with Crippen LogP contribution in [0.4, 0.5) is 0 Å². The van der Waals surface area contributed by atoms with Gasteiger partial charge in [0.2, 0.25) is 11.7 Å². The van der Waals surface area contributed by atoms with E-state index in [1.54, 1.807) is 6.20 Å². The Bertz CT molecular complexity index is 436. The zero-order valence-electron chi connectivity index (χ0n) is 9.34. The number of hydrogen-bond donors (Lipinski definition) is 1. The highest BCUT2D eigenvalue weighted by molar-refractivity contribution is 5.47. The molecule has 0 spiro atoms. The van der Waals surface area contributed by atoms with Crippen molar-refractivity contribution in [2.45, 2.75) is 19.4 Å². The molecule has 0 fully saturated rings. The molecule has 1 unspecified atom stereocenters. The van der Waals surface area contributed by atoms with Crippen LogP contribution in [0.1, 0.15) is 25.3 Å². The smallest absolute Gasteiger partial charge is 0.244 e. The van der Waals surface area contributed by atoms with Crippen LogP contribution >= 0.6 is 0 Å². The molecule has 2 heterocycles. The lowest BCUT2D eigenvalue weighted by Gasteiger charge is -2.06. The molecule has 2 aromatic rings. The number of rotatable bonds is 4. The summed E-state index contributed by atoms with van der Waals surface area (Å²) < 4.78 is 5.20. The lowest BCUT2D eigenvalue weighted by Crippen LogP contribution is -2.15. The summed E-state index contributed by atoms with van der Waals surface area (Å²) in [5.41, 5.74) is 0.725. The van der Waals surface area contributed by atoms with E-state index in [-0.39, 0.29) is 6.04 Å². The highest BCUT2D eigenvalue weighted by atomic mass is 16.5. The van der Waals surface area contributed by atoms with E-state index in [2.05, 4.69) is 27.4 Å². The molecule has 0 saturated carbocycles. The molecule has 0 aliphatic heterocycles. The second-order valence-corrected chi connectivity index (χ2v) is 3.42. The Kier molecular flexibility index (Phi) is 3.26. The Hall–Kier alpha value is -1.75. The maximum absolute atomic E-state index is 5.20. The third-order valence-corrected chi connectivity index (χ3v) is 2.39. The Labute approximate surface area is 93.9 Å². The van der Waals surface area contributed by atoms with Gasteiger partial charge in [-0.2, -0.15) is 4.98 Å². The molecule has 2 rings (SSSR count). The van der Waals surface area contributed by atoms with Crippen LogP contribution in [0.5, 0.6) is 0 Å². The zero-order chi connectivity index (χ0) is 11.4. The average Bonchev–Trinajstić information content (AvgIpc) is 2.81. The van der Waals surface area contributed by atoms with Crippen molar-refractivity contribution >= 4 is 0 Å². The third kappa shape index (κ3) is 2.09. The molecule has 0 aliphatic rings. The molecule has 84 valence electrons. The van der Waals surface area contributed by atoms with Gasteiger partial charge in [-0.25, -0.2) is 0 Å². The van der Waals surface area contributed by atoms with Crippen molar-refractivity contribution in [3.05, 3.63) is 30.3 Å². The molecule has 0 bridgehead atoms. The van der Waals surface area contributed by atoms with Gasteiger partial charge < -0.3 is 9.84 Å². The Morgan fingerprint density at radius 3 is 2.94 bits per heavy atom. The van der Waals surface area contributed by atoms with E-state index in [0.29, 0.717) is 11.7 Å². The summed E-state index contributed by atoms with van der Waals surface area (Å²) >= 11 is 0. The predicted molar refractivity (Wildman–Crippen MR) is 59.6 cm³/mol. The minimum Gasteiger partial charge on any atom is -0.337 e. The number of nitrogens with zero attached hydrogens (tertiary/aromatic N) is 3. The molecule has 0 aromatic carbocycles. The first-order valence-corrected chi connectivity index (χ1v) is 5.27. The Morgan fingerprint density at radius 1 is 1.44 bits per heavy atom. The number of pyridine rings is 1. The van der Waals surface area contributed by atoms with Crippen LogP contribution in [0.25, 0.3) is 11.5 Å². The lowest BCUT2D eigenvalue weighted by molar-refractivity contribution is 0.334. The van der Waals surface area contributed by atoms with Crippen LogP contribution in [-0.4, -0.2) is 22.2 Å². The molecule has 0 amide bonds. The van der Waals surface area contributed by atoms with Crippen molar-refractivity contribution in [1.29, 1.82) is 0 Å². The molecule has 5 nitrogen and oxygen atoms in total. The predicted octanol–water partition coefficient (Wildman–Crippen LogP) is 1.80. The van der Waals surface area contributed by atoms with E-state index in [1.807, 2.05) is 25.2 Å². The maximum Gasteiger partial charge on any atom is 0.244 e. The van der Waals surface area contributed by atoms with E-state index in [9.17, 15) is 0 Å². The summed E-state index contributed by atoms with van der Waals surface area (Å²) in [7, 11) is 1.87. The summed E-state index contributed by atoms with van der Waals surface area (Å²) in [4.78, 5) is 8.49. The number of aromatic nitrogens is 3. The monoisotopic (exact) mass is 218 g/mol. The van der Waals surface area contributed by atoms with Crippen LogP contribution in [0.3, 0.4) is 0 Å². The third-order valence-electron chi connectivity index (χ3n) is 2.39. The van der Waals surface area contributed by atoms with E-state index in [1.165, 1.54) is 0 Å². The van der Waals surface area contributed by atoms with Crippen molar-refractivity contribution in [2.75, 3.05) is 7.05 Å². The minimum absolute atomic E-state index is 0.102. The van der Waals surface area contributed by atoms with Gasteiger partial charge in [-0.05, 0) is 25.6 Å². The van der Waals surface area contributed by atoms with Gasteiger partial charge in [0.05, 0.1) is 6.04 Å². The average molecular weight is 218 g/mol. The molecular weight excluding hydrogens is 204 g/mol. The van der Waals surface area contributed by atoms with Crippen molar-refractivity contribution < 1.29 is 4.52 Å². The molecule has 0 aliphatic carbocycles. The normalized spacial score (nSPS) is 12.6. The summed E-state index contributed by atoms with van der Waals surface area (Å²) in [6.45, 7) is 2.06. The fourth-order valence-corrected chi connectivity index (χ4v) is 1.48. The number of nitrogens with one attached hydrogen (secondary N) is 1. The van der Waals surface area contributed by atoms with E-state index in [4.69, 9.17) is 4.52 Å². The quantitative estimate of drug-likeness (QED) is 0.847. The van der Waals surface area contributed by atoms with Crippen molar-refractivity contribution in [1.82, 2.24) is 20.4 Å². The van der Waals surface area contributed by atoms with E-state index in [0.717, 1.165) is 12.1 Å². The maximum atomic E-state index is 5.20.